The number of nitrogens with zero attached hydrogens (tertiary/aromatic N) is 1. The van der Waals surface area contributed by atoms with Gasteiger partial charge in [0.2, 0.25) is 0 Å². The van der Waals surface area contributed by atoms with Crippen LogP contribution >= 0.6 is 0 Å². The number of carbonyl (C=O) groups is 2. The van der Waals surface area contributed by atoms with Crippen molar-refractivity contribution in [3.05, 3.63) is 82.7 Å². The highest BCUT2D eigenvalue weighted by molar-refractivity contribution is 7.90. The summed E-state index contributed by atoms with van der Waals surface area (Å²) >= 11 is 0. The van der Waals surface area contributed by atoms with Crippen LogP contribution in [0.2, 0.25) is 0 Å². The number of carboxylic acids is 1. The Labute approximate surface area is 202 Å². The Balaban J connectivity index is 1.66. The quantitative estimate of drug-likeness (QED) is 0.567. The normalized spacial score (nSPS) is 13.5. The first kappa shape index (κ1) is 24.4. The number of carboxylic acid groups (broad SMARTS) is 1. The third-order valence-corrected chi connectivity index (χ3v) is 7.10. The van der Waals surface area contributed by atoms with E-state index in [0.717, 1.165) is 29.0 Å². The van der Waals surface area contributed by atoms with Crippen LogP contribution < -0.4 is 4.74 Å². The summed E-state index contributed by atoms with van der Waals surface area (Å²) in [4.78, 5) is 25.7. The van der Waals surface area contributed by atoms with Crippen LogP contribution in [0, 0.1) is 5.82 Å². The molecule has 4 rings (SSSR count). The molecule has 0 atom stereocenters. The van der Waals surface area contributed by atoms with Gasteiger partial charge in [0.15, 0.2) is 9.84 Å². The Morgan fingerprint density at radius 1 is 1.06 bits per heavy atom. The molecule has 1 aliphatic heterocycles. The summed E-state index contributed by atoms with van der Waals surface area (Å²) in [7, 11) is -3.77. The molecule has 7 nitrogen and oxygen atoms in total. The van der Waals surface area contributed by atoms with E-state index in [4.69, 9.17) is 9.84 Å². The van der Waals surface area contributed by atoms with Crippen LogP contribution in [-0.2, 0) is 22.8 Å². The third kappa shape index (κ3) is 4.90. The van der Waals surface area contributed by atoms with E-state index < -0.39 is 32.4 Å². The number of halogens is 1. The Hall–Kier alpha value is -3.72. The first-order valence-electron chi connectivity index (χ1n) is 11.0. The Morgan fingerprint density at radius 3 is 2.37 bits per heavy atom. The number of rotatable bonds is 5. The molecular formula is C26H24FNO6S. The number of carbonyl (C=O) groups excluding carboxylic acids is 1. The van der Waals surface area contributed by atoms with Gasteiger partial charge in [-0.1, -0.05) is 25.1 Å². The Bertz CT molecular complexity index is 1420. The molecule has 9 heteroatoms. The molecule has 0 aliphatic carbocycles. The molecule has 182 valence electrons. The number of hydrogen-bond acceptors (Lipinski definition) is 5. The lowest BCUT2D eigenvalue weighted by molar-refractivity contribution is 0.0695. The number of amides is 1. The van der Waals surface area contributed by atoms with E-state index in [-0.39, 0.29) is 42.8 Å². The number of benzene rings is 3. The molecule has 0 saturated carbocycles. The fourth-order valence-electron chi connectivity index (χ4n) is 4.15. The van der Waals surface area contributed by atoms with Gasteiger partial charge in [-0.15, -0.1) is 0 Å². The van der Waals surface area contributed by atoms with Crippen molar-refractivity contribution in [2.45, 2.75) is 24.8 Å². The second kappa shape index (κ2) is 9.50. The zero-order valence-electron chi connectivity index (χ0n) is 19.2. The molecule has 0 fully saturated rings. The van der Waals surface area contributed by atoms with Crippen LogP contribution in [0.3, 0.4) is 0 Å². The maximum absolute atomic E-state index is 15.0. The van der Waals surface area contributed by atoms with E-state index >= 15 is 0 Å². The lowest BCUT2D eigenvalue weighted by atomic mass is 10.00. The van der Waals surface area contributed by atoms with Gasteiger partial charge in [0.05, 0.1) is 12.1 Å². The summed E-state index contributed by atoms with van der Waals surface area (Å²) in [5.74, 6) is -1.68. The van der Waals surface area contributed by atoms with Crippen LogP contribution in [-0.4, -0.2) is 49.7 Å². The van der Waals surface area contributed by atoms with Gasteiger partial charge in [-0.2, -0.15) is 0 Å². The van der Waals surface area contributed by atoms with Crippen LogP contribution in [0.4, 0.5) is 4.39 Å². The molecular weight excluding hydrogens is 473 g/mol. The smallest absolute Gasteiger partial charge is 0.335 e. The molecule has 35 heavy (non-hydrogen) atoms. The zero-order valence-corrected chi connectivity index (χ0v) is 20.1. The fraction of sp³-hybridized carbons (Fsp3) is 0.231. The topological polar surface area (TPSA) is 101 Å². The van der Waals surface area contributed by atoms with Gasteiger partial charge in [-0.25, -0.2) is 17.6 Å². The van der Waals surface area contributed by atoms with Crippen LogP contribution in [0.25, 0.3) is 11.1 Å². The summed E-state index contributed by atoms with van der Waals surface area (Å²) in [6.45, 7) is 2.41. The molecule has 0 aromatic heterocycles. The molecule has 0 radical (unpaired) electrons. The van der Waals surface area contributed by atoms with Crippen LogP contribution in [0.15, 0.2) is 59.5 Å². The lowest BCUT2D eigenvalue weighted by Gasteiger charge is -2.22. The molecule has 1 aliphatic rings. The van der Waals surface area contributed by atoms with E-state index in [1.807, 2.05) is 18.2 Å². The van der Waals surface area contributed by atoms with Gasteiger partial charge in [-0.05, 0) is 53.9 Å². The summed E-state index contributed by atoms with van der Waals surface area (Å²) in [6.07, 6.45) is 1.09. The molecule has 1 amide bonds. The van der Waals surface area contributed by atoms with Crippen molar-refractivity contribution < 1.29 is 32.2 Å². The van der Waals surface area contributed by atoms with Gasteiger partial charge in [-0.3, -0.25) is 4.79 Å². The molecule has 1 N–H and O–H groups in total. The fourth-order valence-corrected chi connectivity index (χ4v) is 4.92. The van der Waals surface area contributed by atoms with Crippen LogP contribution in [0.1, 0.15) is 38.8 Å². The van der Waals surface area contributed by atoms with E-state index in [9.17, 15) is 22.4 Å². The molecule has 0 bridgehead atoms. The Kier molecular flexibility index (Phi) is 6.62. The standard InChI is InChI=1S/C26H24FNO6S/c1-3-20-21(9-11-23(24(20)27)35(2,32)33)25(29)28-12-13-34-22-10-8-18(14-19(22)15-28)16-4-6-17(7-5-16)26(30)31/h4-11,14H,3,12-13,15H2,1-2H3,(H,30,31). The highest BCUT2D eigenvalue weighted by atomic mass is 32.2. The van der Waals surface area contributed by atoms with E-state index in [1.165, 1.54) is 18.2 Å². The number of hydrogen-bond donors (Lipinski definition) is 1. The average molecular weight is 498 g/mol. The summed E-state index contributed by atoms with van der Waals surface area (Å²) in [5, 5.41) is 9.11. The third-order valence-electron chi connectivity index (χ3n) is 5.98. The van der Waals surface area contributed by atoms with Crippen molar-refractivity contribution in [3.63, 3.8) is 0 Å². The number of sulfone groups is 1. The first-order chi connectivity index (χ1) is 16.6. The first-order valence-corrected chi connectivity index (χ1v) is 12.9. The maximum Gasteiger partial charge on any atom is 0.335 e. The minimum atomic E-state index is -3.77. The summed E-state index contributed by atoms with van der Waals surface area (Å²) in [6, 6.07) is 14.5. The van der Waals surface area contributed by atoms with Gasteiger partial charge in [0.25, 0.3) is 5.91 Å². The predicted molar refractivity (Wildman–Crippen MR) is 128 cm³/mol. The van der Waals surface area contributed by atoms with Gasteiger partial charge in [0.1, 0.15) is 23.1 Å². The second-order valence-electron chi connectivity index (χ2n) is 8.31. The van der Waals surface area contributed by atoms with Crippen molar-refractivity contribution in [2.75, 3.05) is 19.4 Å². The van der Waals surface area contributed by atoms with E-state index in [1.54, 1.807) is 24.0 Å². The molecule has 3 aromatic carbocycles. The molecule has 1 heterocycles. The molecule has 3 aromatic rings. The lowest BCUT2D eigenvalue weighted by Crippen LogP contribution is -2.33. The summed E-state index contributed by atoms with van der Waals surface area (Å²) < 4.78 is 44.6. The minimum Gasteiger partial charge on any atom is -0.491 e. The minimum absolute atomic E-state index is 0.0654. The second-order valence-corrected chi connectivity index (χ2v) is 10.3. The van der Waals surface area contributed by atoms with E-state index in [2.05, 4.69) is 0 Å². The number of aromatic carboxylic acids is 1. The number of ether oxygens (including phenoxy) is 1. The van der Waals surface area contributed by atoms with Gasteiger partial charge < -0.3 is 14.7 Å². The highest BCUT2D eigenvalue weighted by Crippen LogP contribution is 2.31. The van der Waals surface area contributed by atoms with Gasteiger partial charge >= 0.3 is 5.97 Å². The van der Waals surface area contributed by atoms with Gasteiger partial charge in [0, 0.05) is 29.5 Å². The largest absolute Gasteiger partial charge is 0.491 e. The number of fused-ring (bicyclic) bond motifs is 1. The molecule has 0 saturated heterocycles. The zero-order chi connectivity index (χ0) is 25.3. The van der Waals surface area contributed by atoms with Crippen molar-refractivity contribution in [1.29, 1.82) is 0 Å². The SMILES string of the molecule is CCc1c(C(=O)N2CCOc3ccc(-c4ccc(C(=O)O)cc4)cc3C2)ccc(S(C)(=O)=O)c1F. The predicted octanol–water partition coefficient (Wildman–Crippen LogP) is 4.19. The van der Waals surface area contributed by atoms with Crippen molar-refractivity contribution in [3.8, 4) is 16.9 Å². The maximum atomic E-state index is 15.0. The highest BCUT2D eigenvalue weighted by Gasteiger charge is 2.27. The Morgan fingerprint density at radius 2 is 1.74 bits per heavy atom. The molecule has 0 spiro atoms. The summed E-state index contributed by atoms with van der Waals surface area (Å²) in [5.41, 5.74) is 2.77. The van der Waals surface area contributed by atoms with E-state index in [0.29, 0.717) is 5.75 Å². The van der Waals surface area contributed by atoms with Crippen molar-refractivity contribution >= 4 is 21.7 Å². The average Bonchev–Trinajstić information content (AvgIpc) is 3.04. The van der Waals surface area contributed by atoms with Crippen LogP contribution in [0.5, 0.6) is 5.75 Å². The van der Waals surface area contributed by atoms with Crippen molar-refractivity contribution in [1.82, 2.24) is 4.90 Å². The van der Waals surface area contributed by atoms with Crippen molar-refractivity contribution in [2.24, 2.45) is 0 Å². The molecule has 0 unspecified atom stereocenters. The monoisotopic (exact) mass is 497 g/mol.